The van der Waals surface area contributed by atoms with E-state index >= 15 is 0 Å². The molecule has 4 aromatic rings. The number of benzene rings is 3. The number of carbonyl (C=O) groups is 1. The Morgan fingerprint density at radius 1 is 0.704 bits per heavy atom. The highest BCUT2D eigenvalue weighted by atomic mass is 28.4. The van der Waals surface area contributed by atoms with Crippen molar-refractivity contribution in [3.05, 3.63) is 131 Å². The standard InChI is InChI=1S/C43H57N3O6Si2/c1-42(2,3)53(7,8)51-31-37-38(52-54(9,10)43(4,5)6)26-36(46(37)41(47)50-30-34-24-18-13-19-25-34)35-27-44-40(49-29-33-22-16-12-17-23-33)45-39(35)48-28-32-20-14-11-15-21-32/h11-27,36-37H,28-31H2,1-10H3/t36-,37-/m1/s1. The number of nitrogens with zero attached hydrogens (tertiary/aromatic N) is 3. The molecule has 0 aliphatic carbocycles. The van der Waals surface area contributed by atoms with Crippen molar-refractivity contribution >= 4 is 22.7 Å². The van der Waals surface area contributed by atoms with Crippen LogP contribution in [0.4, 0.5) is 4.79 Å². The van der Waals surface area contributed by atoms with Crippen LogP contribution >= 0.6 is 0 Å². The molecule has 0 saturated carbocycles. The van der Waals surface area contributed by atoms with Crippen molar-refractivity contribution in [2.45, 2.75) is 110 Å². The van der Waals surface area contributed by atoms with Gasteiger partial charge in [-0.3, -0.25) is 4.90 Å². The third kappa shape index (κ3) is 10.2. The highest BCUT2D eigenvalue weighted by Crippen LogP contribution is 2.45. The number of amides is 1. The highest BCUT2D eigenvalue weighted by Gasteiger charge is 2.48. The van der Waals surface area contributed by atoms with Gasteiger partial charge in [0.2, 0.25) is 14.2 Å². The number of carbonyl (C=O) groups excluding carboxylic acids is 1. The van der Waals surface area contributed by atoms with E-state index in [1.54, 1.807) is 11.1 Å². The molecule has 0 fully saturated rings. The third-order valence-corrected chi connectivity index (χ3v) is 19.7. The molecule has 0 bridgehead atoms. The summed E-state index contributed by atoms with van der Waals surface area (Å²) in [4.78, 5) is 25.7. The summed E-state index contributed by atoms with van der Waals surface area (Å²) in [5.74, 6) is 0.983. The molecule has 54 heavy (non-hydrogen) atoms. The first-order valence-corrected chi connectivity index (χ1v) is 24.5. The number of hydrogen-bond acceptors (Lipinski definition) is 8. The van der Waals surface area contributed by atoms with Crippen LogP contribution in [-0.4, -0.2) is 50.2 Å². The largest absolute Gasteiger partial charge is 0.545 e. The number of aromatic nitrogens is 2. The van der Waals surface area contributed by atoms with Gasteiger partial charge in [0.05, 0.1) is 18.2 Å². The lowest BCUT2D eigenvalue weighted by Crippen LogP contribution is -2.49. The molecule has 1 aliphatic heterocycles. The van der Waals surface area contributed by atoms with Crippen molar-refractivity contribution in [2.24, 2.45) is 0 Å². The fourth-order valence-corrected chi connectivity index (χ4v) is 7.47. The van der Waals surface area contributed by atoms with Gasteiger partial charge in [-0.2, -0.15) is 4.98 Å². The van der Waals surface area contributed by atoms with Crippen molar-refractivity contribution in [2.75, 3.05) is 6.61 Å². The zero-order chi connectivity index (χ0) is 39.1. The minimum Gasteiger partial charge on any atom is -0.545 e. The number of ether oxygens (including phenoxy) is 3. The number of rotatable bonds is 14. The third-order valence-electron chi connectivity index (χ3n) is 10.8. The molecule has 288 valence electrons. The quantitative estimate of drug-likeness (QED) is 0.117. The molecule has 0 saturated heterocycles. The lowest BCUT2D eigenvalue weighted by molar-refractivity contribution is 0.0625. The van der Waals surface area contributed by atoms with E-state index in [-0.39, 0.29) is 42.5 Å². The SMILES string of the molecule is CC(C)(C)[Si](C)(C)OC[C@@H]1C(O[Si](C)(C)C(C)(C)C)=C[C@H](c2cnc(OCc3ccccc3)nc2OCc2ccccc2)N1C(=O)OCc1ccccc1. The van der Waals surface area contributed by atoms with Crippen molar-refractivity contribution in [3.8, 4) is 11.9 Å². The second-order valence-electron chi connectivity index (χ2n) is 16.9. The van der Waals surface area contributed by atoms with Gasteiger partial charge in [-0.15, -0.1) is 0 Å². The summed E-state index contributed by atoms with van der Waals surface area (Å²) in [6, 6.07) is 28.3. The Morgan fingerprint density at radius 2 is 1.20 bits per heavy atom. The van der Waals surface area contributed by atoms with Gasteiger partial charge in [0.25, 0.3) is 0 Å². The maximum atomic E-state index is 14.5. The smallest absolute Gasteiger partial charge is 0.411 e. The van der Waals surface area contributed by atoms with Gasteiger partial charge >= 0.3 is 12.1 Å². The van der Waals surface area contributed by atoms with E-state index in [1.807, 2.05) is 97.1 Å². The maximum Gasteiger partial charge on any atom is 0.411 e. The van der Waals surface area contributed by atoms with Crippen LogP contribution < -0.4 is 9.47 Å². The minimum atomic E-state index is -2.39. The Morgan fingerprint density at radius 3 is 1.72 bits per heavy atom. The molecular weight excluding hydrogens is 711 g/mol. The average molecular weight is 768 g/mol. The van der Waals surface area contributed by atoms with Crippen molar-refractivity contribution in [3.63, 3.8) is 0 Å². The topological polar surface area (TPSA) is 92.2 Å². The van der Waals surface area contributed by atoms with E-state index in [9.17, 15) is 4.79 Å². The van der Waals surface area contributed by atoms with Gasteiger partial charge in [-0.05, 0) is 59.0 Å². The molecule has 0 radical (unpaired) electrons. The van der Waals surface area contributed by atoms with Crippen LogP contribution in [0.2, 0.25) is 36.3 Å². The Labute approximate surface area is 324 Å². The Balaban J connectivity index is 1.59. The molecule has 9 nitrogen and oxygen atoms in total. The first kappa shape index (κ1) is 40.7. The van der Waals surface area contributed by atoms with Crippen LogP contribution in [-0.2, 0) is 33.4 Å². The molecule has 1 aliphatic rings. The second kappa shape index (κ2) is 16.9. The van der Waals surface area contributed by atoms with Crippen molar-refractivity contribution in [1.29, 1.82) is 0 Å². The Bertz CT molecular complexity index is 1860. The van der Waals surface area contributed by atoms with Gasteiger partial charge < -0.3 is 23.1 Å². The maximum absolute atomic E-state index is 14.5. The van der Waals surface area contributed by atoms with Gasteiger partial charge in [0.1, 0.15) is 31.6 Å². The van der Waals surface area contributed by atoms with Crippen LogP contribution in [0.3, 0.4) is 0 Å². The predicted octanol–water partition coefficient (Wildman–Crippen LogP) is 10.6. The molecule has 3 aromatic carbocycles. The van der Waals surface area contributed by atoms with Crippen LogP contribution in [0.1, 0.15) is 69.8 Å². The van der Waals surface area contributed by atoms with Gasteiger partial charge in [0, 0.05) is 6.20 Å². The van der Waals surface area contributed by atoms with Gasteiger partial charge in [-0.25, -0.2) is 9.78 Å². The fraction of sp³-hybridized carbons (Fsp3) is 0.419. The number of hydrogen-bond donors (Lipinski definition) is 0. The predicted molar refractivity (Wildman–Crippen MR) is 218 cm³/mol. The van der Waals surface area contributed by atoms with Crippen molar-refractivity contribution < 1.29 is 27.9 Å². The summed E-state index contributed by atoms with van der Waals surface area (Å²) in [7, 11) is -4.64. The van der Waals surface area contributed by atoms with E-state index in [0.29, 0.717) is 17.2 Å². The van der Waals surface area contributed by atoms with E-state index in [2.05, 4.69) is 72.7 Å². The lowest BCUT2D eigenvalue weighted by Gasteiger charge is -2.41. The summed E-state index contributed by atoms with van der Waals surface area (Å²) < 4.78 is 32.6. The van der Waals surface area contributed by atoms with Crippen LogP contribution in [0.25, 0.3) is 0 Å². The molecular formula is C43H57N3O6Si2. The minimum absolute atomic E-state index is 0.0459. The average Bonchev–Trinajstić information content (AvgIpc) is 3.48. The first-order valence-electron chi connectivity index (χ1n) is 18.7. The van der Waals surface area contributed by atoms with E-state index in [4.69, 9.17) is 28.0 Å². The summed E-state index contributed by atoms with van der Waals surface area (Å²) in [5, 5.41) is -0.143. The summed E-state index contributed by atoms with van der Waals surface area (Å²) >= 11 is 0. The van der Waals surface area contributed by atoms with E-state index < -0.39 is 34.8 Å². The molecule has 5 rings (SSSR count). The molecule has 1 aromatic heterocycles. The summed E-state index contributed by atoms with van der Waals surface area (Å²) in [6.07, 6.45) is 3.19. The zero-order valence-corrected chi connectivity index (χ0v) is 35.6. The molecule has 0 N–H and O–H groups in total. The van der Waals surface area contributed by atoms with Crippen LogP contribution in [0.15, 0.2) is 109 Å². The fourth-order valence-electron chi connectivity index (χ4n) is 5.36. The molecule has 0 spiro atoms. The Kier molecular flexibility index (Phi) is 12.8. The summed E-state index contributed by atoms with van der Waals surface area (Å²) in [5.41, 5.74) is 3.43. The first-order chi connectivity index (χ1) is 25.4. The second-order valence-corrected chi connectivity index (χ2v) is 26.4. The van der Waals surface area contributed by atoms with Gasteiger partial charge in [-0.1, -0.05) is 133 Å². The van der Waals surface area contributed by atoms with Crippen molar-refractivity contribution in [1.82, 2.24) is 14.9 Å². The van der Waals surface area contributed by atoms with E-state index in [0.717, 1.165) is 16.7 Å². The zero-order valence-electron chi connectivity index (χ0n) is 33.6. The molecule has 2 heterocycles. The molecule has 2 atom stereocenters. The Hall–Kier alpha value is -4.46. The highest BCUT2D eigenvalue weighted by molar-refractivity contribution is 6.74. The molecule has 0 unspecified atom stereocenters. The lowest BCUT2D eigenvalue weighted by atomic mass is 10.1. The molecule has 11 heteroatoms. The van der Waals surface area contributed by atoms with Crippen LogP contribution in [0, 0.1) is 0 Å². The normalized spacial score (nSPS) is 16.5. The molecule has 1 amide bonds. The van der Waals surface area contributed by atoms with Gasteiger partial charge in [0.15, 0.2) is 8.32 Å². The summed E-state index contributed by atoms with van der Waals surface area (Å²) in [6.45, 7) is 23.0. The van der Waals surface area contributed by atoms with E-state index in [1.165, 1.54) is 0 Å². The monoisotopic (exact) mass is 767 g/mol. The van der Waals surface area contributed by atoms with Crippen LogP contribution in [0.5, 0.6) is 11.9 Å².